The van der Waals surface area contributed by atoms with Crippen LogP contribution < -0.4 is 5.32 Å². The number of benzene rings is 1. The number of hydrogen-bond acceptors (Lipinski definition) is 4. The first-order valence-electron chi connectivity index (χ1n) is 8.12. The first-order chi connectivity index (χ1) is 11.5. The van der Waals surface area contributed by atoms with Crippen LogP contribution in [-0.2, 0) is 4.79 Å². The highest BCUT2D eigenvalue weighted by Crippen LogP contribution is 2.27. The number of nitrogens with zero attached hydrogens (tertiary/aromatic N) is 2. The number of carbonyl (C=O) groups excluding carboxylic acids is 1. The van der Waals surface area contributed by atoms with E-state index in [0.29, 0.717) is 6.54 Å². The molecule has 2 heterocycles. The molecule has 5 nitrogen and oxygen atoms in total. The van der Waals surface area contributed by atoms with Crippen LogP contribution in [0.1, 0.15) is 47.6 Å². The Morgan fingerprint density at radius 1 is 1.29 bits per heavy atom. The summed E-state index contributed by atoms with van der Waals surface area (Å²) < 4.78 is 1.18. The maximum atomic E-state index is 12.5. The molecule has 3 rings (SSSR count). The van der Waals surface area contributed by atoms with E-state index in [-0.39, 0.29) is 17.7 Å². The predicted octanol–water partition coefficient (Wildman–Crippen LogP) is 3.66. The number of H-pyrrole nitrogens is 1. The summed E-state index contributed by atoms with van der Waals surface area (Å²) in [6.07, 6.45) is 0. The van der Waals surface area contributed by atoms with Gasteiger partial charge in [0.15, 0.2) is 0 Å². The molecule has 1 amide bonds. The van der Waals surface area contributed by atoms with Gasteiger partial charge in [-0.05, 0) is 32.9 Å². The van der Waals surface area contributed by atoms with Crippen molar-refractivity contribution in [1.82, 2.24) is 20.5 Å². The molecule has 2 atom stereocenters. The minimum atomic E-state index is -0.216. The average molecular weight is 342 g/mol. The summed E-state index contributed by atoms with van der Waals surface area (Å²) in [5.41, 5.74) is 3.84. The molecule has 0 aliphatic carbocycles. The number of nitrogens with one attached hydrogen (secondary N) is 2. The van der Waals surface area contributed by atoms with Crippen molar-refractivity contribution < 1.29 is 4.79 Å². The fourth-order valence-corrected chi connectivity index (χ4v) is 3.94. The van der Waals surface area contributed by atoms with E-state index in [1.165, 1.54) is 4.70 Å². The Labute approximate surface area is 145 Å². The molecule has 0 unspecified atom stereocenters. The van der Waals surface area contributed by atoms with E-state index < -0.39 is 0 Å². The summed E-state index contributed by atoms with van der Waals surface area (Å²) in [5, 5.41) is 11.2. The molecule has 0 fully saturated rings. The highest BCUT2D eigenvalue weighted by atomic mass is 32.1. The molecule has 0 aliphatic rings. The van der Waals surface area contributed by atoms with Gasteiger partial charge in [0.2, 0.25) is 5.91 Å². The third kappa shape index (κ3) is 3.19. The molecule has 3 aromatic rings. The molecule has 126 valence electrons. The predicted molar refractivity (Wildman–Crippen MR) is 97.5 cm³/mol. The SMILES string of the molecule is Cc1n[nH]c(C)c1[C@@H](C)C(=O)NC[C@@H](C)c1nc2ccccc2s1. The zero-order chi connectivity index (χ0) is 17.3. The molecule has 0 radical (unpaired) electrons. The molecule has 2 aromatic heterocycles. The van der Waals surface area contributed by atoms with Crippen LogP contribution in [0.15, 0.2) is 24.3 Å². The van der Waals surface area contributed by atoms with E-state index >= 15 is 0 Å². The maximum Gasteiger partial charge on any atom is 0.227 e. The van der Waals surface area contributed by atoms with Crippen LogP contribution >= 0.6 is 11.3 Å². The Balaban J connectivity index is 1.65. The van der Waals surface area contributed by atoms with Gasteiger partial charge < -0.3 is 5.32 Å². The number of thiazole rings is 1. The van der Waals surface area contributed by atoms with Gasteiger partial charge in [-0.25, -0.2) is 4.98 Å². The summed E-state index contributed by atoms with van der Waals surface area (Å²) in [6.45, 7) is 8.47. The summed E-state index contributed by atoms with van der Waals surface area (Å²) in [4.78, 5) is 17.1. The van der Waals surface area contributed by atoms with Gasteiger partial charge in [0, 0.05) is 23.7 Å². The third-order valence-electron chi connectivity index (χ3n) is 4.33. The Morgan fingerprint density at radius 2 is 2.04 bits per heavy atom. The lowest BCUT2D eigenvalue weighted by Gasteiger charge is -2.15. The normalized spacial score (nSPS) is 13.8. The van der Waals surface area contributed by atoms with Gasteiger partial charge in [-0.3, -0.25) is 9.89 Å². The van der Waals surface area contributed by atoms with Crippen LogP contribution in [0.5, 0.6) is 0 Å². The lowest BCUT2D eigenvalue weighted by atomic mass is 9.98. The van der Waals surface area contributed by atoms with Gasteiger partial charge in [0.25, 0.3) is 0 Å². The zero-order valence-electron chi connectivity index (χ0n) is 14.4. The number of carbonyl (C=O) groups is 1. The van der Waals surface area contributed by atoms with E-state index in [1.807, 2.05) is 39.0 Å². The quantitative estimate of drug-likeness (QED) is 0.743. The second-order valence-corrected chi connectivity index (χ2v) is 7.30. The molecule has 0 saturated carbocycles. The highest BCUT2D eigenvalue weighted by Gasteiger charge is 2.22. The van der Waals surface area contributed by atoms with Crippen molar-refractivity contribution >= 4 is 27.5 Å². The minimum absolute atomic E-state index is 0.0237. The molecule has 0 spiro atoms. The summed E-state index contributed by atoms with van der Waals surface area (Å²) in [7, 11) is 0. The maximum absolute atomic E-state index is 12.5. The molecule has 6 heteroatoms. The lowest BCUT2D eigenvalue weighted by molar-refractivity contribution is -0.122. The molecule has 1 aromatic carbocycles. The van der Waals surface area contributed by atoms with Gasteiger partial charge in [0.1, 0.15) is 0 Å². The van der Waals surface area contributed by atoms with Gasteiger partial charge in [-0.15, -0.1) is 11.3 Å². The van der Waals surface area contributed by atoms with Crippen molar-refractivity contribution in [2.75, 3.05) is 6.54 Å². The number of amides is 1. The largest absolute Gasteiger partial charge is 0.355 e. The van der Waals surface area contributed by atoms with Crippen molar-refractivity contribution in [3.05, 3.63) is 46.2 Å². The Hall–Kier alpha value is -2.21. The molecular formula is C18H22N4OS. The lowest BCUT2D eigenvalue weighted by Crippen LogP contribution is -2.31. The van der Waals surface area contributed by atoms with Crippen LogP contribution in [0.25, 0.3) is 10.2 Å². The van der Waals surface area contributed by atoms with E-state index in [9.17, 15) is 4.79 Å². The number of aryl methyl sites for hydroxylation is 2. The van der Waals surface area contributed by atoms with E-state index in [4.69, 9.17) is 0 Å². The number of fused-ring (bicyclic) bond motifs is 1. The summed E-state index contributed by atoms with van der Waals surface area (Å²) >= 11 is 1.69. The standard InChI is InChI=1S/C18H22N4OS/c1-10(18-20-14-7-5-6-8-15(14)24-18)9-19-17(23)11(2)16-12(3)21-22-13(16)4/h5-8,10-11H,9H2,1-4H3,(H,19,23)(H,21,22)/t10-,11-/m1/s1. The van der Waals surface area contributed by atoms with Gasteiger partial charge >= 0.3 is 0 Å². The van der Waals surface area contributed by atoms with Gasteiger partial charge in [-0.2, -0.15) is 5.10 Å². The molecular weight excluding hydrogens is 320 g/mol. The minimum Gasteiger partial charge on any atom is -0.355 e. The van der Waals surface area contributed by atoms with Crippen molar-refractivity contribution in [3.8, 4) is 0 Å². The molecule has 0 aliphatic heterocycles. The molecule has 0 bridgehead atoms. The van der Waals surface area contributed by atoms with E-state index in [1.54, 1.807) is 11.3 Å². The van der Waals surface area contributed by atoms with E-state index in [0.717, 1.165) is 27.5 Å². The van der Waals surface area contributed by atoms with Crippen molar-refractivity contribution in [1.29, 1.82) is 0 Å². The monoisotopic (exact) mass is 342 g/mol. The van der Waals surface area contributed by atoms with Crippen LogP contribution in [-0.4, -0.2) is 27.6 Å². The van der Waals surface area contributed by atoms with Gasteiger partial charge in [0.05, 0.1) is 26.8 Å². The van der Waals surface area contributed by atoms with Gasteiger partial charge in [-0.1, -0.05) is 19.1 Å². The number of aromatic amines is 1. The second kappa shape index (κ2) is 6.73. The Kier molecular flexibility index (Phi) is 4.66. The molecule has 0 saturated heterocycles. The number of hydrogen-bond donors (Lipinski definition) is 2. The molecule has 24 heavy (non-hydrogen) atoms. The van der Waals surface area contributed by atoms with Crippen LogP contribution in [0.4, 0.5) is 0 Å². The first-order valence-corrected chi connectivity index (χ1v) is 8.93. The average Bonchev–Trinajstić information content (AvgIpc) is 3.15. The van der Waals surface area contributed by atoms with Crippen LogP contribution in [0.2, 0.25) is 0 Å². The molecule has 2 N–H and O–H groups in total. The number of aromatic nitrogens is 3. The Bertz CT molecular complexity index is 814. The van der Waals surface area contributed by atoms with Crippen LogP contribution in [0.3, 0.4) is 0 Å². The zero-order valence-corrected chi connectivity index (χ0v) is 15.2. The third-order valence-corrected chi connectivity index (χ3v) is 5.59. The Morgan fingerprint density at radius 3 is 2.71 bits per heavy atom. The van der Waals surface area contributed by atoms with Crippen molar-refractivity contribution in [2.45, 2.75) is 39.5 Å². The number of para-hydroxylation sites is 1. The smallest absolute Gasteiger partial charge is 0.227 e. The van der Waals surface area contributed by atoms with Crippen LogP contribution in [0, 0.1) is 13.8 Å². The topological polar surface area (TPSA) is 70.7 Å². The van der Waals surface area contributed by atoms with Crippen molar-refractivity contribution in [2.24, 2.45) is 0 Å². The van der Waals surface area contributed by atoms with Crippen molar-refractivity contribution in [3.63, 3.8) is 0 Å². The second-order valence-electron chi connectivity index (χ2n) is 6.24. The first kappa shape index (κ1) is 16.6. The summed E-state index contributed by atoms with van der Waals surface area (Å²) in [5.74, 6) is -0.00743. The number of rotatable bonds is 5. The highest BCUT2D eigenvalue weighted by molar-refractivity contribution is 7.18. The van der Waals surface area contributed by atoms with E-state index in [2.05, 4.69) is 33.5 Å². The fourth-order valence-electron chi connectivity index (χ4n) is 2.92. The summed E-state index contributed by atoms with van der Waals surface area (Å²) in [6, 6.07) is 8.12. The fraction of sp³-hybridized carbons (Fsp3) is 0.389.